The van der Waals surface area contributed by atoms with Crippen molar-refractivity contribution in [1.82, 2.24) is 9.55 Å². The number of rotatable bonds is 3. The fourth-order valence-corrected chi connectivity index (χ4v) is 1.88. The number of nitrogens with zero attached hydrogens (tertiary/aromatic N) is 2. The van der Waals surface area contributed by atoms with Crippen LogP contribution in [-0.4, -0.2) is 15.5 Å². The van der Waals surface area contributed by atoms with E-state index in [2.05, 4.69) is 4.98 Å². The maximum absolute atomic E-state index is 12.7. The maximum Gasteiger partial charge on any atom is 0.253 e. The summed E-state index contributed by atoms with van der Waals surface area (Å²) in [6.07, 6.45) is 5.92. The molecule has 2 saturated carbocycles. The second-order valence-corrected chi connectivity index (χ2v) is 4.37. The van der Waals surface area contributed by atoms with Crippen LogP contribution in [0.2, 0.25) is 0 Å². The number of halogens is 2. The largest absolute Gasteiger partial charge is 0.334 e. The topological polar surface area (TPSA) is 17.8 Å². The molecule has 2 aliphatic carbocycles. The van der Waals surface area contributed by atoms with Gasteiger partial charge in [0.1, 0.15) is 5.82 Å². The highest BCUT2D eigenvalue weighted by Gasteiger charge is 2.56. The Bertz CT molecular complexity index is 355. The van der Waals surface area contributed by atoms with Crippen molar-refractivity contribution in [2.75, 3.05) is 0 Å². The van der Waals surface area contributed by atoms with Crippen molar-refractivity contribution >= 4 is 0 Å². The predicted molar refractivity (Wildman–Crippen MR) is 47.3 cm³/mol. The molecule has 0 amide bonds. The summed E-state index contributed by atoms with van der Waals surface area (Å²) in [4.78, 5) is 4.22. The lowest BCUT2D eigenvalue weighted by atomic mass is 10.3. The summed E-state index contributed by atoms with van der Waals surface area (Å²) in [6.45, 7) is 0.443. The van der Waals surface area contributed by atoms with E-state index in [9.17, 15) is 8.78 Å². The molecule has 2 nitrogen and oxygen atoms in total. The maximum atomic E-state index is 12.7. The molecule has 4 heteroatoms. The summed E-state index contributed by atoms with van der Waals surface area (Å²) in [6, 6.07) is 0. The average molecular weight is 198 g/mol. The summed E-state index contributed by atoms with van der Waals surface area (Å²) in [5, 5.41) is 0. The second-order valence-electron chi connectivity index (χ2n) is 4.37. The number of aromatic nitrogens is 2. The lowest BCUT2D eigenvalue weighted by Gasteiger charge is -2.05. The Kier molecular flexibility index (Phi) is 1.53. The van der Waals surface area contributed by atoms with Gasteiger partial charge in [-0.2, -0.15) is 0 Å². The van der Waals surface area contributed by atoms with Gasteiger partial charge in [-0.1, -0.05) is 0 Å². The van der Waals surface area contributed by atoms with Crippen LogP contribution in [0.4, 0.5) is 8.78 Å². The molecule has 0 saturated heterocycles. The minimum atomic E-state index is -2.41. The quantitative estimate of drug-likeness (QED) is 0.729. The fourth-order valence-electron chi connectivity index (χ4n) is 1.88. The third-order valence-electron chi connectivity index (χ3n) is 3.06. The molecular weight excluding hydrogens is 186 g/mol. The summed E-state index contributed by atoms with van der Waals surface area (Å²) in [5.74, 6) is -1.32. The number of imidazole rings is 1. The van der Waals surface area contributed by atoms with E-state index in [0.717, 1.165) is 18.7 Å². The molecule has 0 N–H and O–H groups in total. The molecule has 76 valence electrons. The highest BCUT2D eigenvalue weighted by molar-refractivity contribution is 5.09. The summed E-state index contributed by atoms with van der Waals surface area (Å²) >= 11 is 0. The number of hydrogen-bond acceptors (Lipinski definition) is 1. The minimum Gasteiger partial charge on any atom is -0.334 e. The molecule has 1 heterocycles. The fraction of sp³-hybridized carbons (Fsp3) is 0.700. The molecule has 0 bridgehead atoms. The van der Waals surface area contributed by atoms with E-state index < -0.39 is 11.8 Å². The van der Waals surface area contributed by atoms with Crippen molar-refractivity contribution < 1.29 is 8.78 Å². The normalized spacial score (nSPS) is 29.1. The predicted octanol–water partition coefficient (Wildman–Crippen LogP) is 2.42. The first-order valence-corrected chi connectivity index (χ1v) is 5.06. The summed E-state index contributed by atoms with van der Waals surface area (Å²) in [5.41, 5.74) is 0. The van der Waals surface area contributed by atoms with Crippen molar-refractivity contribution in [1.29, 1.82) is 0 Å². The summed E-state index contributed by atoms with van der Waals surface area (Å²) in [7, 11) is 0. The zero-order chi connectivity index (χ0) is 9.76. The Morgan fingerprint density at radius 3 is 2.79 bits per heavy atom. The number of hydrogen-bond donors (Lipinski definition) is 0. The van der Waals surface area contributed by atoms with Gasteiger partial charge in [0.15, 0.2) is 0 Å². The monoisotopic (exact) mass is 198 g/mol. The van der Waals surface area contributed by atoms with Crippen molar-refractivity contribution in [2.45, 2.75) is 37.6 Å². The van der Waals surface area contributed by atoms with Gasteiger partial charge in [0.2, 0.25) is 0 Å². The lowest BCUT2D eigenvalue weighted by molar-refractivity contribution is 0.0949. The van der Waals surface area contributed by atoms with E-state index in [1.54, 1.807) is 6.20 Å². The van der Waals surface area contributed by atoms with Gasteiger partial charge in [-0.3, -0.25) is 0 Å². The van der Waals surface area contributed by atoms with Gasteiger partial charge in [-0.15, -0.1) is 0 Å². The SMILES string of the molecule is FC1(F)CC1Cn1ccnc1C1CC1. The van der Waals surface area contributed by atoms with Gasteiger partial charge in [-0.05, 0) is 12.8 Å². The molecule has 0 aromatic carbocycles. The van der Waals surface area contributed by atoms with E-state index in [1.807, 2.05) is 10.8 Å². The first-order chi connectivity index (χ1) is 6.67. The van der Waals surface area contributed by atoms with Crippen LogP contribution in [0.25, 0.3) is 0 Å². The molecular formula is C10H12F2N2. The molecule has 0 radical (unpaired) electrons. The van der Waals surface area contributed by atoms with E-state index in [0.29, 0.717) is 12.5 Å². The Hall–Kier alpha value is -0.930. The molecule has 3 rings (SSSR count). The van der Waals surface area contributed by atoms with Crippen LogP contribution >= 0.6 is 0 Å². The van der Waals surface area contributed by atoms with E-state index >= 15 is 0 Å². The second kappa shape index (κ2) is 2.55. The van der Waals surface area contributed by atoms with Crippen LogP contribution in [0.3, 0.4) is 0 Å². The van der Waals surface area contributed by atoms with Gasteiger partial charge >= 0.3 is 0 Å². The molecule has 2 fully saturated rings. The van der Waals surface area contributed by atoms with Crippen molar-refractivity contribution in [3.63, 3.8) is 0 Å². The van der Waals surface area contributed by atoms with Crippen LogP contribution in [0.5, 0.6) is 0 Å². The third kappa shape index (κ3) is 1.33. The van der Waals surface area contributed by atoms with Crippen molar-refractivity contribution in [3.05, 3.63) is 18.2 Å². The van der Waals surface area contributed by atoms with Crippen LogP contribution in [0.1, 0.15) is 31.0 Å². The van der Waals surface area contributed by atoms with Gasteiger partial charge in [0, 0.05) is 37.2 Å². The molecule has 1 atom stereocenters. The Morgan fingerprint density at radius 2 is 2.21 bits per heavy atom. The smallest absolute Gasteiger partial charge is 0.253 e. The molecule has 1 aromatic heterocycles. The standard InChI is InChI=1S/C10H12F2N2/c11-10(12)5-8(10)6-14-4-3-13-9(14)7-1-2-7/h3-4,7-8H,1-2,5-6H2. The van der Waals surface area contributed by atoms with E-state index in [4.69, 9.17) is 0 Å². The molecule has 14 heavy (non-hydrogen) atoms. The third-order valence-corrected chi connectivity index (χ3v) is 3.06. The molecule has 0 spiro atoms. The Balaban J connectivity index is 1.74. The van der Waals surface area contributed by atoms with Gasteiger partial charge < -0.3 is 4.57 Å². The van der Waals surface area contributed by atoms with Crippen LogP contribution < -0.4 is 0 Å². The first-order valence-electron chi connectivity index (χ1n) is 5.06. The Morgan fingerprint density at radius 1 is 1.50 bits per heavy atom. The van der Waals surface area contributed by atoms with Gasteiger partial charge in [0.05, 0.1) is 0 Å². The van der Waals surface area contributed by atoms with Crippen LogP contribution in [0, 0.1) is 5.92 Å². The van der Waals surface area contributed by atoms with E-state index in [1.165, 1.54) is 0 Å². The number of alkyl halides is 2. The lowest BCUT2D eigenvalue weighted by Crippen LogP contribution is -2.07. The Labute approximate surface area is 80.9 Å². The van der Waals surface area contributed by atoms with Crippen molar-refractivity contribution in [3.8, 4) is 0 Å². The molecule has 1 unspecified atom stereocenters. The van der Waals surface area contributed by atoms with E-state index in [-0.39, 0.29) is 6.42 Å². The molecule has 2 aliphatic rings. The first kappa shape index (κ1) is 8.38. The minimum absolute atomic E-state index is 0.0509. The highest BCUT2D eigenvalue weighted by Crippen LogP contribution is 2.50. The van der Waals surface area contributed by atoms with Crippen molar-refractivity contribution in [2.24, 2.45) is 5.92 Å². The zero-order valence-electron chi connectivity index (χ0n) is 7.79. The van der Waals surface area contributed by atoms with Crippen LogP contribution in [0.15, 0.2) is 12.4 Å². The molecule has 0 aliphatic heterocycles. The van der Waals surface area contributed by atoms with Gasteiger partial charge in [0.25, 0.3) is 5.92 Å². The van der Waals surface area contributed by atoms with Crippen LogP contribution in [-0.2, 0) is 6.54 Å². The average Bonchev–Trinajstić information content (AvgIpc) is 2.98. The summed E-state index contributed by atoms with van der Waals surface area (Å²) < 4.78 is 27.3. The zero-order valence-corrected chi connectivity index (χ0v) is 7.79. The highest BCUT2D eigenvalue weighted by atomic mass is 19.3. The molecule has 1 aromatic rings. The van der Waals surface area contributed by atoms with Gasteiger partial charge in [-0.25, -0.2) is 13.8 Å².